The van der Waals surface area contributed by atoms with Gasteiger partial charge >= 0.3 is 11.9 Å². The molecule has 7 nitrogen and oxygen atoms in total. The van der Waals surface area contributed by atoms with E-state index in [-0.39, 0.29) is 11.3 Å². The van der Waals surface area contributed by atoms with Gasteiger partial charge in [-0.05, 0) is 6.07 Å². The third-order valence-corrected chi connectivity index (χ3v) is 4.37. The summed E-state index contributed by atoms with van der Waals surface area (Å²) < 4.78 is 10.7. The van der Waals surface area contributed by atoms with E-state index in [1.165, 1.54) is 25.3 Å². The number of non-ortho nitro benzene ring substituents is 1. The van der Waals surface area contributed by atoms with Crippen LogP contribution >= 0.6 is 0 Å². The van der Waals surface area contributed by atoms with E-state index >= 15 is 0 Å². The molecule has 0 heterocycles. The maximum absolute atomic E-state index is 13.0. The number of carbonyl (C=O) groups excluding carboxylic acids is 2. The van der Waals surface area contributed by atoms with Crippen molar-refractivity contribution in [2.75, 3.05) is 7.11 Å². The third kappa shape index (κ3) is 3.84. The minimum atomic E-state index is -1.88. The number of hydrogen-bond acceptors (Lipinski definition) is 6. The Labute approximate surface area is 166 Å². The number of hydrogen-bond donors (Lipinski definition) is 0. The molecule has 0 aliphatic carbocycles. The smallest absolute Gasteiger partial charge is 0.359 e. The van der Waals surface area contributed by atoms with E-state index in [2.05, 4.69) is 0 Å². The quantitative estimate of drug-likeness (QED) is 0.360. The number of nitro groups is 1. The Hall–Kier alpha value is -4.00. The van der Waals surface area contributed by atoms with Crippen LogP contribution in [0.5, 0.6) is 0 Å². The van der Waals surface area contributed by atoms with Gasteiger partial charge in [0.1, 0.15) is 0 Å². The molecular weight excluding hydrogens is 374 g/mol. The third-order valence-electron chi connectivity index (χ3n) is 4.37. The first-order chi connectivity index (χ1) is 14.0. The molecule has 29 heavy (non-hydrogen) atoms. The van der Waals surface area contributed by atoms with Crippen LogP contribution in [0, 0.1) is 10.1 Å². The summed E-state index contributed by atoms with van der Waals surface area (Å²) in [6, 6.07) is 22.0. The zero-order valence-electron chi connectivity index (χ0n) is 15.5. The summed E-state index contributed by atoms with van der Waals surface area (Å²) in [6.07, 6.45) is 0. The average molecular weight is 391 g/mol. The summed E-state index contributed by atoms with van der Waals surface area (Å²) in [5.41, 5.74) is -1.42. The highest BCUT2D eigenvalue weighted by molar-refractivity contribution is 5.95. The second-order valence-electron chi connectivity index (χ2n) is 6.10. The summed E-state index contributed by atoms with van der Waals surface area (Å²) in [5, 5.41) is 11.0. The molecule has 3 aromatic rings. The van der Waals surface area contributed by atoms with E-state index in [4.69, 9.17) is 9.47 Å². The number of nitrogens with zero attached hydrogens (tertiary/aromatic N) is 1. The van der Waals surface area contributed by atoms with Crippen LogP contribution in [-0.4, -0.2) is 24.0 Å². The van der Waals surface area contributed by atoms with Crippen molar-refractivity contribution in [3.63, 3.8) is 0 Å². The number of rotatable bonds is 6. The van der Waals surface area contributed by atoms with E-state index < -0.39 is 22.5 Å². The lowest BCUT2D eigenvalue weighted by atomic mass is 9.86. The lowest BCUT2D eigenvalue weighted by Gasteiger charge is -2.31. The second-order valence-corrected chi connectivity index (χ2v) is 6.10. The van der Waals surface area contributed by atoms with Gasteiger partial charge in [-0.1, -0.05) is 66.7 Å². The standard InChI is InChI=1S/C22H17NO6/c1-28-21(25)22(17-10-4-2-5-11-17,18-12-6-3-7-13-18)29-20(24)16-9-8-14-19(15-16)23(26)27/h2-15H,1H3. The molecule has 0 aliphatic heterocycles. The highest BCUT2D eigenvalue weighted by Gasteiger charge is 2.47. The Kier molecular flexibility index (Phi) is 5.69. The molecule has 0 N–H and O–H groups in total. The first-order valence-corrected chi connectivity index (χ1v) is 8.66. The fourth-order valence-electron chi connectivity index (χ4n) is 3.00. The first kappa shape index (κ1) is 19.8. The predicted molar refractivity (Wildman–Crippen MR) is 104 cm³/mol. The lowest BCUT2D eigenvalue weighted by Crippen LogP contribution is -2.42. The van der Waals surface area contributed by atoms with Crippen LogP contribution in [0.1, 0.15) is 21.5 Å². The molecule has 0 saturated carbocycles. The SMILES string of the molecule is COC(=O)C(OC(=O)c1cccc([N+](=O)[O-])c1)(c1ccccc1)c1ccccc1. The number of nitro benzene ring substituents is 1. The number of ether oxygens (including phenoxy) is 2. The lowest BCUT2D eigenvalue weighted by molar-refractivity contribution is -0.384. The first-order valence-electron chi connectivity index (χ1n) is 8.66. The van der Waals surface area contributed by atoms with Crippen molar-refractivity contribution in [1.29, 1.82) is 0 Å². The summed E-state index contributed by atoms with van der Waals surface area (Å²) in [7, 11) is 1.20. The van der Waals surface area contributed by atoms with Gasteiger partial charge in [-0.15, -0.1) is 0 Å². The summed E-state index contributed by atoms with van der Waals surface area (Å²) in [4.78, 5) is 36.3. The Bertz CT molecular complexity index is 994. The van der Waals surface area contributed by atoms with Gasteiger partial charge in [-0.3, -0.25) is 10.1 Å². The van der Waals surface area contributed by atoms with Crippen LogP contribution in [-0.2, 0) is 19.9 Å². The molecular formula is C22H17NO6. The summed E-state index contributed by atoms with van der Waals surface area (Å²) in [5.74, 6) is -1.69. The molecule has 0 aliphatic rings. The van der Waals surface area contributed by atoms with Gasteiger partial charge in [-0.25, -0.2) is 9.59 Å². The monoisotopic (exact) mass is 391 g/mol. The molecule has 3 aromatic carbocycles. The van der Waals surface area contributed by atoms with E-state index in [9.17, 15) is 19.7 Å². The van der Waals surface area contributed by atoms with Crippen molar-refractivity contribution in [2.45, 2.75) is 5.60 Å². The number of methoxy groups -OCH3 is 1. The minimum Gasteiger partial charge on any atom is -0.466 e. The fourth-order valence-corrected chi connectivity index (χ4v) is 3.00. The van der Waals surface area contributed by atoms with Crippen molar-refractivity contribution in [3.8, 4) is 0 Å². The summed E-state index contributed by atoms with van der Waals surface area (Å²) >= 11 is 0. The van der Waals surface area contributed by atoms with Crippen LogP contribution in [0.2, 0.25) is 0 Å². The fraction of sp³-hybridized carbons (Fsp3) is 0.0909. The van der Waals surface area contributed by atoms with Gasteiger partial charge < -0.3 is 9.47 Å². The largest absolute Gasteiger partial charge is 0.466 e. The van der Waals surface area contributed by atoms with Gasteiger partial charge in [0.05, 0.1) is 17.6 Å². The second kappa shape index (κ2) is 8.35. The zero-order valence-corrected chi connectivity index (χ0v) is 15.5. The van der Waals surface area contributed by atoms with E-state index in [1.807, 2.05) is 0 Å². The molecule has 0 aromatic heterocycles. The van der Waals surface area contributed by atoms with Crippen molar-refractivity contribution in [2.24, 2.45) is 0 Å². The van der Waals surface area contributed by atoms with Crippen molar-refractivity contribution in [1.82, 2.24) is 0 Å². The molecule has 0 radical (unpaired) electrons. The topological polar surface area (TPSA) is 95.7 Å². The molecule has 0 spiro atoms. The van der Waals surface area contributed by atoms with Crippen molar-refractivity contribution in [3.05, 3.63) is 112 Å². The van der Waals surface area contributed by atoms with Gasteiger partial charge in [0.2, 0.25) is 0 Å². The van der Waals surface area contributed by atoms with Gasteiger partial charge in [0.15, 0.2) is 0 Å². The van der Waals surface area contributed by atoms with E-state index in [0.29, 0.717) is 11.1 Å². The van der Waals surface area contributed by atoms with Crippen LogP contribution in [0.25, 0.3) is 0 Å². The molecule has 3 rings (SSSR count). The molecule has 0 unspecified atom stereocenters. The maximum Gasteiger partial charge on any atom is 0.359 e. The number of esters is 2. The Morgan fingerprint density at radius 3 is 1.90 bits per heavy atom. The Balaban J connectivity index is 2.15. The molecule has 0 saturated heterocycles. The van der Waals surface area contributed by atoms with E-state index in [1.54, 1.807) is 60.7 Å². The molecule has 0 atom stereocenters. The van der Waals surface area contributed by atoms with Crippen LogP contribution in [0.15, 0.2) is 84.9 Å². The van der Waals surface area contributed by atoms with Crippen molar-refractivity contribution < 1.29 is 24.0 Å². The molecule has 7 heteroatoms. The summed E-state index contributed by atoms with van der Waals surface area (Å²) in [6.45, 7) is 0. The average Bonchev–Trinajstić information content (AvgIpc) is 2.78. The predicted octanol–water partition coefficient (Wildman–Crippen LogP) is 3.87. The highest BCUT2D eigenvalue weighted by atomic mass is 16.6. The minimum absolute atomic E-state index is 0.0562. The Morgan fingerprint density at radius 2 is 1.41 bits per heavy atom. The highest BCUT2D eigenvalue weighted by Crippen LogP contribution is 2.36. The van der Waals surface area contributed by atoms with Crippen LogP contribution in [0.4, 0.5) is 5.69 Å². The van der Waals surface area contributed by atoms with Crippen LogP contribution < -0.4 is 0 Å². The molecule has 146 valence electrons. The van der Waals surface area contributed by atoms with E-state index in [0.717, 1.165) is 6.07 Å². The Morgan fingerprint density at radius 1 is 0.862 bits per heavy atom. The number of benzene rings is 3. The number of carbonyl (C=O) groups is 2. The molecule has 0 amide bonds. The molecule has 0 fully saturated rings. The van der Waals surface area contributed by atoms with Crippen LogP contribution in [0.3, 0.4) is 0 Å². The van der Waals surface area contributed by atoms with Gasteiger partial charge in [0, 0.05) is 23.3 Å². The van der Waals surface area contributed by atoms with Gasteiger partial charge in [-0.2, -0.15) is 0 Å². The molecule has 0 bridgehead atoms. The normalized spacial score (nSPS) is 10.8. The van der Waals surface area contributed by atoms with Crippen molar-refractivity contribution >= 4 is 17.6 Å². The van der Waals surface area contributed by atoms with Gasteiger partial charge in [0.25, 0.3) is 11.3 Å². The zero-order chi connectivity index (χ0) is 20.9. The maximum atomic E-state index is 13.0.